The maximum atomic E-state index is 14.0. The average molecular weight is 503 g/mol. The van der Waals surface area contributed by atoms with Crippen LogP contribution >= 0.6 is 11.6 Å². The summed E-state index contributed by atoms with van der Waals surface area (Å²) in [6, 6.07) is 8.05. The number of amides is 2. The van der Waals surface area contributed by atoms with Gasteiger partial charge in [0.25, 0.3) is 11.8 Å². The van der Waals surface area contributed by atoms with Gasteiger partial charge in [0.2, 0.25) is 0 Å². The van der Waals surface area contributed by atoms with E-state index in [1.165, 1.54) is 6.07 Å². The topological polar surface area (TPSA) is 68.4 Å². The van der Waals surface area contributed by atoms with Crippen molar-refractivity contribution in [2.24, 2.45) is 0 Å². The second-order valence-electron chi connectivity index (χ2n) is 8.93. The van der Waals surface area contributed by atoms with Crippen LogP contribution in [0.25, 0.3) is 22.0 Å². The van der Waals surface area contributed by atoms with Gasteiger partial charge in [0, 0.05) is 60.1 Å². The van der Waals surface area contributed by atoms with Crippen molar-refractivity contribution in [3.05, 3.63) is 63.8 Å². The van der Waals surface area contributed by atoms with E-state index in [1.807, 2.05) is 31.0 Å². The molecule has 0 bridgehead atoms. The van der Waals surface area contributed by atoms with Crippen molar-refractivity contribution >= 4 is 51.2 Å². The van der Waals surface area contributed by atoms with E-state index in [0.29, 0.717) is 42.8 Å². The summed E-state index contributed by atoms with van der Waals surface area (Å²) in [7, 11) is 1.94. The van der Waals surface area contributed by atoms with E-state index in [1.54, 1.807) is 12.3 Å². The predicted molar refractivity (Wildman–Crippen MR) is 129 cm³/mol. The van der Waals surface area contributed by atoms with Gasteiger partial charge in [0.1, 0.15) is 0 Å². The summed E-state index contributed by atoms with van der Waals surface area (Å²) in [6.07, 6.45) is -3.16. The Hall–Kier alpha value is -3.30. The number of hydrogen-bond acceptors (Lipinski definition) is 4. The minimum absolute atomic E-state index is 0.00402. The van der Waals surface area contributed by atoms with Gasteiger partial charge in [-0.3, -0.25) is 14.9 Å². The van der Waals surface area contributed by atoms with E-state index in [4.69, 9.17) is 11.6 Å². The lowest BCUT2D eigenvalue weighted by molar-refractivity contribution is -0.137. The van der Waals surface area contributed by atoms with Crippen molar-refractivity contribution in [1.29, 1.82) is 0 Å². The van der Waals surface area contributed by atoms with E-state index in [2.05, 4.69) is 15.2 Å². The number of halogens is 4. The molecule has 2 aliphatic heterocycles. The molecule has 0 unspecified atom stereocenters. The van der Waals surface area contributed by atoms with E-state index in [9.17, 15) is 22.8 Å². The van der Waals surface area contributed by atoms with Crippen molar-refractivity contribution in [3.63, 3.8) is 0 Å². The Morgan fingerprint density at radius 2 is 1.60 bits per heavy atom. The Bertz CT molecular complexity index is 1400. The molecule has 1 aromatic heterocycles. The molecular weight excluding hydrogens is 481 g/mol. The summed E-state index contributed by atoms with van der Waals surface area (Å²) in [5.41, 5.74) is 1.14. The van der Waals surface area contributed by atoms with Gasteiger partial charge in [-0.15, -0.1) is 0 Å². The maximum Gasteiger partial charge on any atom is 0.417 e. The number of carbonyl (C=O) groups excluding carboxylic acids is 2. The van der Waals surface area contributed by atoms with Gasteiger partial charge >= 0.3 is 6.18 Å². The quantitative estimate of drug-likeness (QED) is 0.519. The zero-order valence-corrected chi connectivity index (χ0v) is 19.8. The summed E-state index contributed by atoms with van der Waals surface area (Å²) in [4.78, 5) is 32.9. The molecule has 0 spiro atoms. The molecule has 2 N–H and O–H groups in total. The first-order valence-electron chi connectivity index (χ1n) is 11.1. The molecule has 182 valence electrons. The highest BCUT2D eigenvalue weighted by atomic mass is 35.5. The van der Waals surface area contributed by atoms with E-state index < -0.39 is 28.6 Å². The number of imide groups is 1. The number of aromatic amines is 1. The van der Waals surface area contributed by atoms with Gasteiger partial charge in [-0.2, -0.15) is 13.2 Å². The third kappa shape index (κ3) is 4.08. The number of H-pyrrole nitrogens is 1. The molecule has 0 saturated carbocycles. The Morgan fingerprint density at radius 3 is 2.26 bits per heavy atom. The van der Waals surface area contributed by atoms with Crippen molar-refractivity contribution in [2.75, 3.05) is 38.1 Å². The van der Waals surface area contributed by atoms with Crippen LogP contribution in [0.2, 0.25) is 5.02 Å². The number of hydrogen-bond donors (Lipinski definition) is 2. The number of aryl methyl sites for hydroxylation is 1. The molecule has 3 heterocycles. The zero-order valence-electron chi connectivity index (χ0n) is 19.0. The fourth-order valence-electron chi connectivity index (χ4n) is 4.66. The fraction of sp³-hybridized carbons (Fsp3) is 0.280. The van der Waals surface area contributed by atoms with Crippen LogP contribution in [0.3, 0.4) is 0 Å². The van der Waals surface area contributed by atoms with Crippen LogP contribution in [-0.2, 0) is 15.8 Å². The first-order valence-corrected chi connectivity index (χ1v) is 11.4. The number of nitrogens with one attached hydrogen (secondary N) is 2. The fourth-order valence-corrected chi connectivity index (χ4v) is 4.97. The van der Waals surface area contributed by atoms with Crippen LogP contribution in [0.1, 0.15) is 22.3 Å². The monoisotopic (exact) mass is 502 g/mol. The predicted octanol–water partition coefficient (Wildman–Crippen LogP) is 4.47. The number of nitrogens with zero attached hydrogens (tertiary/aromatic N) is 2. The third-order valence-electron chi connectivity index (χ3n) is 6.54. The summed E-state index contributed by atoms with van der Waals surface area (Å²) < 4.78 is 42.0. The molecule has 2 aromatic carbocycles. The number of carbonyl (C=O) groups is 2. The molecular formula is C25H22ClF3N4O2. The molecule has 10 heteroatoms. The van der Waals surface area contributed by atoms with Gasteiger partial charge in [0.05, 0.1) is 21.7 Å². The Balaban J connectivity index is 1.75. The van der Waals surface area contributed by atoms with Gasteiger partial charge in [0.15, 0.2) is 0 Å². The first kappa shape index (κ1) is 23.4. The lowest BCUT2D eigenvalue weighted by Gasteiger charge is -2.34. The highest BCUT2D eigenvalue weighted by molar-refractivity contribution is 6.51. The number of aromatic nitrogens is 1. The molecule has 0 radical (unpaired) electrons. The number of alkyl halides is 3. The van der Waals surface area contributed by atoms with E-state index in [0.717, 1.165) is 17.1 Å². The number of likely N-dealkylation sites (N-methyl/N-ethyl adjacent to an activating group) is 1. The molecule has 35 heavy (non-hydrogen) atoms. The molecule has 0 atom stereocenters. The molecule has 1 saturated heterocycles. The van der Waals surface area contributed by atoms with Crippen LogP contribution in [0.5, 0.6) is 0 Å². The smallest absolute Gasteiger partial charge is 0.369 e. The number of benzene rings is 2. The van der Waals surface area contributed by atoms with Crippen LogP contribution in [0.4, 0.5) is 18.9 Å². The standard InChI is InChI=1S/C25H22ClF3N4O2/c1-13-3-4-15-17(12-30-19(15)9-13)21-20(23(34)31-24(21)35)16-10-14(33-7-5-32(2)6-8-33)11-18(22(16)26)25(27,28)29/h3-4,9-12,30H,5-8H2,1-2H3,(H,31,34,35). The minimum Gasteiger partial charge on any atom is -0.369 e. The lowest BCUT2D eigenvalue weighted by Crippen LogP contribution is -2.44. The number of fused-ring (bicyclic) bond motifs is 1. The van der Waals surface area contributed by atoms with Gasteiger partial charge in [-0.05, 0) is 37.7 Å². The zero-order chi connectivity index (χ0) is 25.1. The maximum absolute atomic E-state index is 14.0. The average Bonchev–Trinajstić information content (AvgIpc) is 3.32. The Labute approximate surface area is 204 Å². The van der Waals surface area contributed by atoms with Crippen molar-refractivity contribution < 1.29 is 22.8 Å². The highest BCUT2D eigenvalue weighted by Gasteiger charge is 2.40. The largest absolute Gasteiger partial charge is 0.417 e. The molecule has 3 aromatic rings. The second-order valence-corrected chi connectivity index (χ2v) is 9.31. The second kappa shape index (κ2) is 8.42. The third-order valence-corrected chi connectivity index (χ3v) is 6.95. The molecule has 2 aliphatic rings. The summed E-state index contributed by atoms with van der Waals surface area (Å²) >= 11 is 6.31. The Morgan fingerprint density at radius 1 is 0.943 bits per heavy atom. The van der Waals surface area contributed by atoms with Gasteiger partial charge in [-0.1, -0.05) is 23.7 Å². The molecule has 2 amide bonds. The van der Waals surface area contributed by atoms with Crippen LogP contribution in [-0.4, -0.2) is 54.9 Å². The summed E-state index contributed by atoms with van der Waals surface area (Å²) in [5, 5.41) is 2.31. The lowest BCUT2D eigenvalue weighted by atomic mass is 9.93. The number of anilines is 1. The molecule has 5 rings (SSSR count). The molecule has 1 fully saturated rings. The normalized spacial score (nSPS) is 17.6. The van der Waals surface area contributed by atoms with Crippen LogP contribution in [0.15, 0.2) is 36.5 Å². The molecule has 6 nitrogen and oxygen atoms in total. The number of piperazine rings is 1. The summed E-state index contributed by atoms with van der Waals surface area (Å²) in [5.74, 6) is -1.46. The Kier molecular flexibility index (Phi) is 5.64. The van der Waals surface area contributed by atoms with Crippen molar-refractivity contribution in [2.45, 2.75) is 13.1 Å². The number of rotatable bonds is 3. The van der Waals surface area contributed by atoms with Gasteiger partial charge < -0.3 is 14.8 Å². The van der Waals surface area contributed by atoms with Crippen LogP contribution in [0, 0.1) is 6.92 Å². The summed E-state index contributed by atoms with van der Waals surface area (Å²) in [6.45, 7) is 4.32. The van der Waals surface area contributed by atoms with Crippen molar-refractivity contribution in [3.8, 4) is 0 Å². The van der Waals surface area contributed by atoms with Crippen molar-refractivity contribution in [1.82, 2.24) is 15.2 Å². The molecule has 0 aliphatic carbocycles. The van der Waals surface area contributed by atoms with E-state index in [-0.39, 0.29) is 16.7 Å². The highest BCUT2D eigenvalue weighted by Crippen LogP contribution is 2.44. The van der Waals surface area contributed by atoms with Gasteiger partial charge in [-0.25, -0.2) is 0 Å². The SMILES string of the molecule is Cc1ccc2c(C3=C(c4cc(N5CCN(C)CC5)cc(C(F)(F)F)c4Cl)C(=O)NC3=O)c[nH]c2c1. The minimum atomic E-state index is -4.74. The van der Waals surface area contributed by atoms with E-state index >= 15 is 0 Å². The first-order chi connectivity index (χ1) is 16.5. The van der Waals surface area contributed by atoms with Crippen LogP contribution < -0.4 is 10.2 Å².